The average molecular weight is 420 g/mol. The van der Waals surface area contributed by atoms with E-state index in [-0.39, 0.29) is 6.09 Å². The Morgan fingerprint density at radius 3 is 2.33 bits per heavy atom. The number of ether oxygens (including phenoxy) is 2. The minimum absolute atomic E-state index is 0.212. The third kappa shape index (κ3) is 8.49. The Morgan fingerprint density at radius 2 is 1.77 bits per heavy atom. The van der Waals surface area contributed by atoms with Gasteiger partial charge in [-0.05, 0) is 51.4 Å². The van der Waals surface area contributed by atoms with Gasteiger partial charge in [0.15, 0.2) is 5.96 Å². The Balaban J connectivity index is 1.60. The second-order valence-electron chi connectivity index (χ2n) is 8.36. The van der Waals surface area contributed by atoms with Crippen LogP contribution in [-0.2, 0) is 11.3 Å². The van der Waals surface area contributed by atoms with Crippen LogP contribution < -0.4 is 15.4 Å². The summed E-state index contributed by atoms with van der Waals surface area (Å²) in [4.78, 5) is 20.6. The number of carbonyl (C=O) groups excluding carboxylic acids is 1. The quantitative estimate of drug-likeness (QED) is 0.401. The van der Waals surface area contributed by atoms with Crippen molar-refractivity contribution in [1.29, 1.82) is 0 Å². The zero-order chi connectivity index (χ0) is 22.0. The van der Waals surface area contributed by atoms with Gasteiger partial charge in [0.1, 0.15) is 11.4 Å². The number of rotatable bonds is 7. The topological polar surface area (TPSA) is 78.4 Å². The van der Waals surface area contributed by atoms with Crippen molar-refractivity contribution < 1.29 is 14.3 Å². The highest BCUT2D eigenvalue weighted by Crippen LogP contribution is 2.12. The number of aliphatic imine (C=N–C) groups is 1. The average Bonchev–Trinajstić information content (AvgIpc) is 2.73. The van der Waals surface area contributed by atoms with E-state index in [1.165, 1.54) is 5.56 Å². The van der Waals surface area contributed by atoms with Gasteiger partial charge in [-0.15, -0.1) is 0 Å². The summed E-state index contributed by atoms with van der Waals surface area (Å²) in [6.45, 7) is 11.4. The predicted octanol–water partition coefficient (Wildman–Crippen LogP) is 2.30. The number of methoxy groups -OCH3 is 1. The lowest BCUT2D eigenvalue weighted by molar-refractivity contribution is 0.0145. The molecule has 1 amide bonds. The Labute approximate surface area is 180 Å². The summed E-state index contributed by atoms with van der Waals surface area (Å²) in [6.07, 6.45) is 0.797. The third-order valence-electron chi connectivity index (χ3n) is 4.81. The van der Waals surface area contributed by atoms with Crippen LogP contribution in [-0.4, -0.2) is 80.9 Å². The third-order valence-corrected chi connectivity index (χ3v) is 4.81. The number of nitrogens with one attached hydrogen (secondary N) is 2. The number of nitrogens with zero attached hydrogens (tertiary/aromatic N) is 3. The van der Waals surface area contributed by atoms with E-state index in [1.54, 1.807) is 19.1 Å². The number of amides is 1. The van der Waals surface area contributed by atoms with E-state index in [9.17, 15) is 4.79 Å². The Bertz CT molecular complexity index is 677. The Morgan fingerprint density at radius 1 is 1.10 bits per heavy atom. The van der Waals surface area contributed by atoms with Crippen LogP contribution in [0.2, 0.25) is 0 Å². The van der Waals surface area contributed by atoms with Gasteiger partial charge in [0.2, 0.25) is 0 Å². The van der Waals surface area contributed by atoms with Crippen molar-refractivity contribution in [2.24, 2.45) is 4.99 Å². The second kappa shape index (κ2) is 11.6. The van der Waals surface area contributed by atoms with Crippen molar-refractivity contribution in [2.75, 3.05) is 53.4 Å². The van der Waals surface area contributed by atoms with Gasteiger partial charge in [-0.25, -0.2) is 4.79 Å². The van der Waals surface area contributed by atoms with Crippen LogP contribution in [0.4, 0.5) is 4.79 Å². The molecule has 0 unspecified atom stereocenters. The van der Waals surface area contributed by atoms with Crippen LogP contribution >= 0.6 is 0 Å². The molecule has 30 heavy (non-hydrogen) atoms. The Hall–Kier alpha value is -2.48. The van der Waals surface area contributed by atoms with E-state index in [4.69, 9.17) is 9.47 Å². The van der Waals surface area contributed by atoms with Gasteiger partial charge in [0.25, 0.3) is 0 Å². The smallest absolute Gasteiger partial charge is 0.410 e. The first-order valence-corrected chi connectivity index (χ1v) is 10.6. The van der Waals surface area contributed by atoms with Gasteiger partial charge < -0.3 is 25.0 Å². The number of guanidine groups is 1. The lowest BCUT2D eigenvalue weighted by Crippen LogP contribution is -2.50. The normalized spacial score (nSPS) is 15.6. The van der Waals surface area contributed by atoms with E-state index in [1.807, 2.05) is 45.0 Å². The van der Waals surface area contributed by atoms with Crippen molar-refractivity contribution in [3.8, 4) is 5.75 Å². The van der Waals surface area contributed by atoms with Crippen molar-refractivity contribution in [3.05, 3.63) is 29.8 Å². The van der Waals surface area contributed by atoms with Crippen LogP contribution in [0.15, 0.2) is 29.3 Å². The van der Waals surface area contributed by atoms with Crippen LogP contribution in [0, 0.1) is 0 Å². The number of carbonyl (C=O) groups is 1. The van der Waals surface area contributed by atoms with Crippen LogP contribution in [0.1, 0.15) is 32.8 Å². The molecular formula is C22H37N5O3. The summed E-state index contributed by atoms with van der Waals surface area (Å²) < 4.78 is 10.6. The van der Waals surface area contributed by atoms with Crippen molar-refractivity contribution in [2.45, 2.75) is 39.3 Å². The maximum atomic E-state index is 12.1. The first kappa shape index (κ1) is 23.8. The second-order valence-corrected chi connectivity index (χ2v) is 8.36. The molecule has 168 valence electrons. The number of hydrogen-bond acceptors (Lipinski definition) is 5. The fraction of sp³-hybridized carbons (Fsp3) is 0.636. The molecular weight excluding hydrogens is 382 g/mol. The van der Waals surface area contributed by atoms with E-state index < -0.39 is 5.60 Å². The van der Waals surface area contributed by atoms with Crippen molar-refractivity contribution in [3.63, 3.8) is 0 Å². The molecule has 0 bridgehead atoms. The van der Waals surface area contributed by atoms with E-state index in [0.717, 1.165) is 44.3 Å². The van der Waals surface area contributed by atoms with Gasteiger partial charge in [0.05, 0.1) is 7.11 Å². The molecule has 0 spiro atoms. The van der Waals surface area contributed by atoms with Crippen LogP contribution in [0.3, 0.4) is 0 Å². The summed E-state index contributed by atoms with van der Waals surface area (Å²) >= 11 is 0. The number of hydrogen-bond donors (Lipinski definition) is 2. The molecule has 1 aliphatic rings. The molecule has 1 aromatic rings. The number of piperazine rings is 1. The molecule has 0 aliphatic carbocycles. The summed E-state index contributed by atoms with van der Waals surface area (Å²) in [7, 11) is 3.44. The molecule has 1 heterocycles. The molecule has 1 saturated heterocycles. The lowest BCUT2D eigenvalue weighted by Gasteiger charge is -2.35. The first-order chi connectivity index (χ1) is 14.3. The summed E-state index contributed by atoms with van der Waals surface area (Å²) in [5, 5.41) is 6.68. The molecule has 0 atom stereocenters. The maximum Gasteiger partial charge on any atom is 0.410 e. The zero-order valence-corrected chi connectivity index (χ0v) is 19.0. The number of benzene rings is 1. The molecule has 0 aromatic heterocycles. The van der Waals surface area contributed by atoms with Crippen molar-refractivity contribution in [1.82, 2.24) is 20.4 Å². The minimum atomic E-state index is -0.445. The fourth-order valence-corrected chi connectivity index (χ4v) is 3.14. The van der Waals surface area contributed by atoms with E-state index >= 15 is 0 Å². The predicted molar refractivity (Wildman–Crippen MR) is 120 cm³/mol. The highest BCUT2D eigenvalue weighted by atomic mass is 16.6. The van der Waals surface area contributed by atoms with Crippen molar-refractivity contribution >= 4 is 12.1 Å². The monoisotopic (exact) mass is 419 g/mol. The summed E-state index contributed by atoms with van der Waals surface area (Å²) in [5.41, 5.74) is 0.724. The van der Waals surface area contributed by atoms with Gasteiger partial charge in [-0.3, -0.25) is 9.89 Å². The minimum Gasteiger partial charge on any atom is -0.497 e. The van der Waals surface area contributed by atoms with Gasteiger partial charge >= 0.3 is 6.09 Å². The highest BCUT2D eigenvalue weighted by molar-refractivity contribution is 5.79. The molecule has 1 aliphatic heterocycles. The largest absolute Gasteiger partial charge is 0.497 e. The molecule has 8 nitrogen and oxygen atoms in total. The highest BCUT2D eigenvalue weighted by Gasteiger charge is 2.25. The summed E-state index contributed by atoms with van der Waals surface area (Å²) in [6, 6.07) is 7.98. The molecule has 0 radical (unpaired) electrons. The van der Waals surface area contributed by atoms with Gasteiger partial charge in [-0.1, -0.05) is 12.1 Å². The molecule has 8 heteroatoms. The standard InChI is InChI=1S/C22H37N5O3/c1-22(2,3)30-21(28)27-15-13-26(14-16-27)12-6-11-24-20(23-4)25-17-18-7-9-19(29-5)10-8-18/h7-10H,6,11-17H2,1-5H3,(H2,23,24,25). The molecule has 2 rings (SSSR count). The lowest BCUT2D eigenvalue weighted by atomic mass is 10.2. The molecule has 1 fully saturated rings. The first-order valence-electron chi connectivity index (χ1n) is 10.6. The Kier molecular flexibility index (Phi) is 9.23. The fourth-order valence-electron chi connectivity index (χ4n) is 3.14. The molecule has 2 N–H and O–H groups in total. The van der Waals surface area contributed by atoms with E-state index in [2.05, 4.69) is 20.5 Å². The van der Waals surface area contributed by atoms with E-state index in [0.29, 0.717) is 19.6 Å². The van der Waals surface area contributed by atoms with Crippen LogP contribution in [0.25, 0.3) is 0 Å². The zero-order valence-electron chi connectivity index (χ0n) is 19.0. The maximum absolute atomic E-state index is 12.1. The van der Waals surface area contributed by atoms with Crippen LogP contribution in [0.5, 0.6) is 5.75 Å². The molecule has 0 saturated carbocycles. The molecule has 1 aromatic carbocycles. The summed E-state index contributed by atoms with van der Waals surface area (Å²) in [5.74, 6) is 1.65. The van der Waals surface area contributed by atoms with Gasteiger partial charge in [0, 0.05) is 46.3 Å². The van der Waals surface area contributed by atoms with Gasteiger partial charge in [-0.2, -0.15) is 0 Å². The SMILES string of the molecule is CN=C(NCCCN1CCN(C(=O)OC(C)(C)C)CC1)NCc1ccc(OC)cc1.